The summed E-state index contributed by atoms with van der Waals surface area (Å²) >= 11 is 9.36. The number of carbonyl (C=O) groups is 1. The smallest absolute Gasteiger partial charge is 0.254 e. The molecule has 114 valence electrons. The summed E-state index contributed by atoms with van der Waals surface area (Å²) in [6.45, 7) is 2.26. The van der Waals surface area contributed by atoms with Crippen LogP contribution < -0.4 is 5.32 Å². The number of piperazine rings is 1. The van der Waals surface area contributed by atoms with E-state index in [1.54, 1.807) is 0 Å². The Kier molecular flexibility index (Phi) is 4.81. The molecule has 1 aliphatic heterocycles. The molecule has 1 saturated heterocycles. The van der Waals surface area contributed by atoms with Gasteiger partial charge in [0.1, 0.15) is 0 Å². The van der Waals surface area contributed by atoms with Crippen molar-refractivity contribution in [1.82, 2.24) is 10.2 Å². The van der Waals surface area contributed by atoms with Gasteiger partial charge in [0.2, 0.25) is 0 Å². The Hall–Kier alpha value is -1.36. The predicted molar refractivity (Wildman–Crippen MR) is 92.2 cm³/mol. The normalized spacial score (nSPS) is 18.3. The minimum atomic E-state index is 0.0298. The van der Waals surface area contributed by atoms with Crippen LogP contribution in [0, 0.1) is 0 Å². The molecule has 0 aliphatic carbocycles. The zero-order chi connectivity index (χ0) is 15.5. The van der Waals surface area contributed by atoms with Crippen molar-refractivity contribution >= 4 is 33.4 Å². The van der Waals surface area contributed by atoms with Crippen molar-refractivity contribution in [1.29, 1.82) is 0 Å². The second kappa shape index (κ2) is 6.82. The summed E-state index contributed by atoms with van der Waals surface area (Å²) in [4.78, 5) is 14.8. The summed E-state index contributed by atoms with van der Waals surface area (Å²) < 4.78 is 0.971. The van der Waals surface area contributed by atoms with Gasteiger partial charge >= 0.3 is 0 Å². The molecule has 1 atom stereocenters. The number of halogens is 2. The molecule has 0 spiro atoms. The SMILES string of the molecule is O=C(c1ccc(Br)cc1)N1CCNC[C@@H]1c1ccc(Cl)cc1. The van der Waals surface area contributed by atoms with Crippen molar-refractivity contribution in [3.05, 3.63) is 69.2 Å². The molecule has 0 aromatic heterocycles. The van der Waals surface area contributed by atoms with Crippen LogP contribution in [0.5, 0.6) is 0 Å². The van der Waals surface area contributed by atoms with E-state index in [4.69, 9.17) is 11.6 Å². The monoisotopic (exact) mass is 378 g/mol. The van der Waals surface area contributed by atoms with Crippen molar-refractivity contribution < 1.29 is 4.79 Å². The van der Waals surface area contributed by atoms with E-state index in [1.807, 2.05) is 53.4 Å². The van der Waals surface area contributed by atoms with E-state index in [2.05, 4.69) is 21.2 Å². The maximum Gasteiger partial charge on any atom is 0.254 e. The molecule has 0 unspecified atom stereocenters. The van der Waals surface area contributed by atoms with Crippen LogP contribution in [0.3, 0.4) is 0 Å². The van der Waals surface area contributed by atoms with Gasteiger partial charge in [0.05, 0.1) is 6.04 Å². The highest BCUT2D eigenvalue weighted by molar-refractivity contribution is 9.10. The van der Waals surface area contributed by atoms with Crippen LogP contribution in [-0.2, 0) is 0 Å². The molecule has 2 aromatic carbocycles. The van der Waals surface area contributed by atoms with Crippen LogP contribution in [0.25, 0.3) is 0 Å². The van der Waals surface area contributed by atoms with E-state index in [0.717, 1.165) is 23.1 Å². The van der Waals surface area contributed by atoms with Crippen molar-refractivity contribution in [3.63, 3.8) is 0 Å². The summed E-state index contributed by atoms with van der Waals surface area (Å²) in [5.74, 6) is 0.0638. The zero-order valence-corrected chi connectivity index (χ0v) is 14.3. The lowest BCUT2D eigenvalue weighted by Gasteiger charge is -2.36. The number of amides is 1. The number of hydrogen-bond acceptors (Lipinski definition) is 2. The first kappa shape index (κ1) is 15.5. The van der Waals surface area contributed by atoms with Gasteiger partial charge in [-0.3, -0.25) is 4.79 Å². The minimum Gasteiger partial charge on any atom is -0.329 e. The molecule has 5 heteroatoms. The average Bonchev–Trinajstić information content (AvgIpc) is 2.56. The molecule has 3 rings (SSSR count). The Morgan fingerprint density at radius 2 is 1.82 bits per heavy atom. The molecule has 1 N–H and O–H groups in total. The van der Waals surface area contributed by atoms with Gasteiger partial charge in [0.25, 0.3) is 5.91 Å². The first-order valence-electron chi connectivity index (χ1n) is 7.18. The zero-order valence-electron chi connectivity index (χ0n) is 11.9. The topological polar surface area (TPSA) is 32.3 Å². The van der Waals surface area contributed by atoms with Gasteiger partial charge in [-0.15, -0.1) is 0 Å². The molecule has 0 saturated carbocycles. The Morgan fingerprint density at radius 3 is 2.50 bits per heavy atom. The molecule has 2 aromatic rings. The first-order valence-corrected chi connectivity index (χ1v) is 8.35. The van der Waals surface area contributed by atoms with Gasteiger partial charge < -0.3 is 10.2 Å². The van der Waals surface area contributed by atoms with Gasteiger partial charge in [-0.2, -0.15) is 0 Å². The first-order chi connectivity index (χ1) is 10.6. The third-order valence-electron chi connectivity index (χ3n) is 3.85. The number of nitrogens with zero attached hydrogens (tertiary/aromatic N) is 1. The Bertz CT molecular complexity index is 657. The quantitative estimate of drug-likeness (QED) is 0.858. The van der Waals surface area contributed by atoms with Crippen LogP contribution in [0.15, 0.2) is 53.0 Å². The predicted octanol–water partition coefficient (Wildman–Crippen LogP) is 3.89. The molecule has 1 aliphatic rings. The van der Waals surface area contributed by atoms with Crippen molar-refractivity contribution in [2.24, 2.45) is 0 Å². The summed E-state index contributed by atoms with van der Waals surface area (Å²) in [5, 5.41) is 4.07. The summed E-state index contributed by atoms with van der Waals surface area (Å²) in [6, 6.07) is 15.2. The van der Waals surface area contributed by atoms with Crippen molar-refractivity contribution in [2.45, 2.75) is 6.04 Å². The molecule has 0 bridgehead atoms. The summed E-state index contributed by atoms with van der Waals surface area (Å²) in [5.41, 5.74) is 1.81. The van der Waals surface area contributed by atoms with Gasteiger partial charge in [-0.05, 0) is 42.0 Å². The molecule has 3 nitrogen and oxygen atoms in total. The average molecular weight is 380 g/mol. The number of benzene rings is 2. The highest BCUT2D eigenvalue weighted by Gasteiger charge is 2.28. The van der Waals surface area contributed by atoms with E-state index in [9.17, 15) is 4.79 Å². The molecular formula is C17H16BrClN2O. The van der Waals surface area contributed by atoms with Crippen molar-refractivity contribution in [2.75, 3.05) is 19.6 Å². The van der Waals surface area contributed by atoms with E-state index in [0.29, 0.717) is 17.1 Å². The third-order valence-corrected chi connectivity index (χ3v) is 4.63. The van der Waals surface area contributed by atoms with E-state index >= 15 is 0 Å². The van der Waals surface area contributed by atoms with Crippen LogP contribution in [0.2, 0.25) is 5.02 Å². The number of carbonyl (C=O) groups excluding carboxylic acids is 1. The molecular weight excluding hydrogens is 364 g/mol. The molecule has 22 heavy (non-hydrogen) atoms. The Morgan fingerprint density at radius 1 is 1.14 bits per heavy atom. The lowest BCUT2D eigenvalue weighted by atomic mass is 10.0. The van der Waals surface area contributed by atoms with Crippen LogP contribution in [0.4, 0.5) is 0 Å². The van der Waals surface area contributed by atoms with E-state index in [1.165, 1.54) is 0 Å². The highest BCUT2D eigenvalue weighted by Crippen LogP contribution is 2.25. The van der Waals surface area contributed by atoms with Crippen LogP contribution >= 0.6 is 27.5 Å². The number of hydrogen-bond donors (Lipinski definition) is 1. The second-order valence-corrected chi connectivity index (χ2v) is 6.63. The molecule has 1 heterocycles. The van der Waals surface area contributed by atoms with E-state index in [-0.39, 0.29) is 11.9 Å². The largest absolute Gasteiger partial charge is 0.329 e. The van der Waals surface area contributed by atoms with Crippen molar-refractivity contribution in [3.8, 4) is 0 Å². The fourth-order valence-electron chi connectivity index (χ4n) is 2.69. The van der Waals surface area contributed by atoms with Crippen LogP contribution in [0.1, 0.15) is 22.0 Å². The number of nitrogens with one attached hydrogen (secondary N) is 1. The molecule has 1 amide bonds. The maximum atomic E-state index is 12.8. The Labute approximate surface area is 143 Å². The fourth-order valence-corrected chi connectivity index (χ4v) is 3.08. The van der Waals surface area contributed by atoms with Gasteiger partial charge in [0, 0.05) is 34.7 Å². The fraction of sp³-hybridized carbons (Fsp3) is 0.235. The minimum absolute atomic E-state index is 0.0298. The third kappa shape index (κ3) is 3.35. The summed E-state index contributed by atoms with van der Waals surface area (Å²) in [6.07, 6.45) is 0. The van der Waals surface area contributed by atoms with E-state index < -0.39 is 0 Å². The lowest BCUT2D eigenvalue weighted by Crippen LogP contribution is -2.48. The van der Waals surface area contributed by atoms with Gasteiger partial charge in [0.15, 0.2) is 0 Å². The molecule has 1 fully saturated rings. The highest BCUT2D eigenvalue weighted by atomic mass is 79.9. The molecule has 0 radical (unpaired) electrons. The maximum absolute atomic E-state index is 12.8. The Balaban J connectivity index is 1.87. The summed E-state index contributed by atoms with van der Waals surface area (Å²) in [7, 11) is 0. The van der Waals surface area contributed by atoms with Gasteiger partial charge in [-0.1, -0.05) is 39.7 Å². The number of rotatable bonds is 2. The van der Waals surface area contributed by atoms with Crippen LogP contribution in [-0.4, -0.2) is 30.4 Å². The standard InChI is InChI=1S/C17H16BrClN2O/c18-14-5-1-13(2-6-14)17(22)21-10-9-20-11-16(21)12-3-7-15(19)8-4-12/h1-8,16,20H,9-11H2/t16-/m1/s1. The second-order valence-electron chi connectivity index (χ2n) is 5.28. The van der Waals surface area contributed by atoms with Gasteiger partial charge in [-0.25, -0.2) is 0 Å². The lowest BCUT2D eigenvalue weighted by molar-refractivity contribution is 0.0634.